The van der Waals surface area contributed by atoms with Crippen molar-refractivity contribution in [3.63, 3.8) is 0 Å². The van der Waals surface area contributed by atoms with Crippen LogP contribution in [0.3, 0.4) is 0 Å². The molecule has 14 fully saturated rings. The fraction of sp³-hybridized carbons (Fsp3) is 0.922. The Labute approximate surface area is 562 Å². The van der Waals surface area contributed by atoms with Crippen molar-refractivity contribution in [3.05, 3.63) is 0 Å². The number of Topliss-reactive ketones (excluding diaryl/α,β-unsaturated/α-hetero) is 1. The highest BCUT2D eigenvalue weighted by Gasteiger charge is 2.55. The molecule has 0 amide bonds. The number of hydrogen-bond donors (Lipinski definition) is 0. The molecular formula is C77H130O16. The molecule has 14 aliphatic rings. The number of carbonyl (C=O) groups excluding carboxylic acids is 6. The Balaban J connectivity index is 0.000000166. The third kappa shape index (κ3) is 21.7. The molecule has 14 rings (SSSR count). The summed E-state index contributed by atoms with van der Waals surface area (Å²) in [5, 5.41) is 0. The highest BCUT2D eigenvalue weighted by atomic mass is 16.7. The molecule has 0 radical (unpaired) electrons. The average Bonchev–Trinajstić information content (AvgIpc) is 0.941. The number of esters is 5. The molecule has 14 saturated carbocycles. The molecule has 534 valence electrons. The van der Waals surface area contributed by atoms with Crippen LogP contribution < -0.4 is 0 Å². The zero-order chi connectivity index (χ0) is 67.9. The predicted octanol–water partition coefficient (Wildman–Crippen LogP) is 17.0. The average molecular weight is 1310 g/mol. The van der Waals surface area contributed by atoms with Crippen LogP contribution in [0.1, 0.15) is 290 Å². The minimum atomic E-state index is -0.469. The standard InChI is InChI=1S/C18H30O3.C17H26O4.C17H28O3.C13H24O3.C12H22O3/c1-4-17(2,3)16(19)21-12-20-11-18-8-13-5-14(9-18)7-15(6-13)10-18;1-4-17(2,3)16(19)21-9-20-15-12-6-10-5-11(8-12)14(18)13(15)7-10;1-4-17(2,3)16(18)20-10-19-15-13-6-11-5-12(8-13)9-14(15)7-11;1-4-13(2,3)12(14)16-10-15-11-8-6-5-7-9-11;1-4-12(2,3)11(13)15-9-14-10-7-5-6-8-10/h13-15H,4-12H2,1-3H3;10-13,15H,4-9H2,1-3H3;11-15H,4-10H2,1-3H3;11H,4-10H2,1-3H3;10H,4-9H2,1-3H3. The van der Waals surface area contributed by atoms with Gasteiger partial charge in [0.15, 0.2) is 34.0 Å². The Hall–Kier alpha value is -3.18. The molecule has 12 bridgehead atoms. The summed E-state index contributed by atoms with van der Waals surface area (Å²) in [6.45, 7) is 30.3. The van der Waals surface area contributed by atoms with E-state index in [9.17, 15) is 28.8 Å². The number of carbonyl (C=O) groups is 6. The van der Waals surface area contributed by atoms with Crippen LogP contribution in [0.25, 0.3) is 0 Å². The first-order valence-corrected chi connectivity index (χ1v) is 37.4. The third-order valence-electron chi connectivity index (χ3n) is 25.0. The van der Waals surface area contributed by atoms with Crippen molar-refractivity contribution in [1.82, 2.24) is 0 Å². The van der Waals surface area contributed by atoms with Crippen LogP contribution in [0.5, 0.6) is 0 Å². The molecule has 0 aliphatic heterocycles. The van der Waals surface area contributed by atoms with Gasteiger partial charge >= 0.3 is 29.8 Å². The van der Waals surface area contributed by atoms with Gasteiger partial charge in [-0.1, -0.05) is 66.7 Å². The summed E-state index contributed by atoms with van der Waals surface area (Å²) in [7, 11) is 0. The maximum atomic E-state index is 12.3. The normalized spacial score (nSPS) is 31.6. The van der Waals surface area contributed by atoms with Gasteiger partial charge in [-0.2, -0.15) is 0 Å². The van der Waals surface area contributed by atoms with Gasteiger partial charge in [-0.15, -0.1) is 0 Å². The van der Waals surface area contributed by atoms with E-state index in [0.29, 0.717) is 35.4 Å². The minimum Gasteiger partial charge on any atom is -0.438 e. The van der Waals surface area contributed by atoms with Crippen molar-refractivity contribution in [2.75, 3.05) is 40.6 Å². The molecule has 0 aromatic carbocycles. The van der Waals surface area contributed by atoms with E-state index in [2.05, 4.69) is 0 Å². The first-order chi connectivity index (χ1) is 44.0. The van der Waals surface area contributed by atoms with Crippen LogP contribution in [0.4, 0.5) is 0 Å². The lowest BCUT2D eigenvalue weighted by Crippen LogP contribution is -2.55. The lowest BCUT2D eigenvalue weighted by Gasteiger charge is -2.56. The van der Waals surface area contributed by atoms with E-state index in [-0.39, 0.29) is 87.2 Å². The molecule has 0 heterocycles. The van der Waals surface area contributed by atoms with Crippen molar-refractivity contribution >= 4 is 35.6 Å². The smallest absolute Gasteiger partial charge is 0.313 e. The van der Waals surface area contributed by atoms with Gasteiger partial charge in [-0.05, 0) is 282 Å². The number of hydrogen-bond acceptors (Lipinski definition) is 16. The van der Waals surface area contributed by atoms with E-state index in [1.165, 1.54) is 109 Å². The summed E-state index contributed by atoms with van der Waals surface area (Å²) >= 11 is 0. The van der Waals surface area contributed by atoms with Crippen LogP contribution in [0.2, 0.25) is 0 Å². The first-order valence-electron chi connectivity index (χ1n) is 37.4. The number of ketones is 1. The second-order valence-electron chi connectivity index (χ2n) is 34.2. The molecule has 16 heteroatoms. The molecule has 0 saturated heterocycles. The van der Waals surface area contributed by atoms with Crippen LogP contribution in [0, 0.1) is 97.6 Å². The maximum absolute atomic E-state index is 12.3. The molecule has 0 aromatic rings. The second kappa shape index (κ2) is 34.5. The third-order valence-corrected chi connectivity index (χ3v) is 25.0. The van der Waals surface area contributed by atoms with Gasteiger partial charge in [-0.25, -0.2) is 0 Å². The Morgan fingerprint density at radius 3 is 1.05 bits per heavy atom. The molecule has 14 aliphatic carbocycles. The first kappa shape index (κ1) is 77.2. The van der Waals surface area contributed by atoms with E-state index in [1.54, 1.807) is 0 Å². The van der Waals surface area contributed by atoms with Gasteiger partial charge in [0.2, 0.25) is 0 Å². The summed E-state index contributed by atoms with van der Waals surface area (Å²) in [4.78, 5) is 71.3. The Bertz CT molecular complexity index is 2310. The summed E-state index contributed by atoms with van der Waals surface area (Å²) in [6, 6.07) is 0. The van der Waals surface area contributed by atoms with Gasteiger partial charge in [-0.3, -0.25) is 28.8 Å². The molecule has 93 heavy (non-hydrogen) atoms. The zero-order valence-corrected chi connectivity index (χ0v) is 60.9. The minimum absolute atomic E-state index is 0.0114. The van der Waals surface area contributed by atoms with Gasteiger partial charge in [0.05, 0.1) is 58.1 Å². The lowest BCUT2D eigenvalue weighted by molar-refractivity contribution is -0.194. The van der Waals surface area contributed by atoms with Gasteiger partial charge in [0.1, 0.15) is 5.78 Å². The summed E-state index contributed by atoms with van der Waals surface area (Å²) in [5.41, 5.74) is -1.64. The van der Waals surface area contributed by atoms with Crippen molar-refractivity contribution in [2.24, 2.45) is 97.6 Å². The van der Waals surface area contributed by atoms with Crippen molar-refractivity contribution in [3.8, 4) is 0 Å². The summed E-state index contributed by atoms with van der Waals surface area (Å²) in [6.07, 6.45) is 34.9. The van der Waals surface area contributed by atoms with Crippen LogP contribution in [-0.4, -0.2) is 101 Å². The highest BCUT2D eigenvalue weighted by Crippen LogP contribution is 2.60. The SMILES string of the molecule is CCC(C)(C)C(=O)OCOC1C2CC3CC(C2)C(=O)C1C3.CCC(C)(C)C(=O)OCOC1C2CC3CC(C2)CC1C3.CCC(C)(C)C(=O)OCOC1CCCC1.CCC(C)(C)C(=O)OCOC1CCCCC1.CCC(C)(C)C(=O)OCOCC12CC3CC(CC(C3)C1)C2. The van der Waals surface area contributed by atoms with Crippen molar-refractivity contribution < 1.29 is 76.1 Å². The van der Waals surface area contributed by atoms with E-state index in [0.717, 1.165) is 131 Å². The van der Waals surface area contributed by atoms with E-state index >= 15 is 0 Å². The Kier molecular flexibility index (Phi) is 28.7. The molecule has 0 aromatic heterocycles. The molecule has 16 nitrogen and oxygen atoms in total. The number of ether oxygens (including phenoxy) is 10. The van der Waals surface area contributed by atoms with E-state index < -0.39 is 21.7 Å². The highest BCUT2D eigenvalue weighted by molar-refractivity contribution is 5.86. The quantitative estimate of drug-likeness (QED) is 0.0343. The van der Waals surface area contributed by atoms with Crippen LogP contribution in [-0.2, 0) is 76.1 Å². The summed E-state index contributed by atoms with van der Waals surface area (Å²) in [5.74, 6) is 7.32. The van der Waals surface area contributed by atoms with Gasteiger partial charge in [0, 0.05) is 11.8 Å². The van der Waals surface area contributed by atoms with E-state index in [1.807, 2.05) is 104 Å². The topological polar surface area (TPSA) is 195 Å². The van der Waals surface area contributed by atoms with Gasteiger partial charge in [0.25, 0.3) is 0 Å². The van der Waals surface area contributed by atoms with Crippen molar-refractivity contribution in [1.29, 1.82) is 0 Å². The monoisotopic (exact) mass is 1310 g/mol. The fourth-order valence-corrected chi connectivity index (χ4v) is 17.5. The largest absolute Gasteiger partial charge is 0.438 e. The molecule has 0 N–H and O–H groups in total. The zero-order valence-electron chi connectivity index (χ0n) is 60.9. The molecule has 5 unspecified atom stereocenters. The van der Waals surface area contributed by atoms with Crippen LogP contribution >= 0.6 is 0 Å². The Morgan fingerprint density at radius 1 is 0.366 bits per heavy atom. The molecule has 5 atom stereocenters. The fourth-order valence-electron chi connectivity index (χ4n) is 17.5. The van der Waals surface area contributed by atoms with E-state index in [4.69, 9.17) is 47.4 Å². The van der Waals surface area contributed by atoms with Gasteiger partial charge < -0.3 is 47.4 Å². The van der Waals surface area contributed by atoms with Crippen molar-refractivity contribution in [2.45, 2.75) is 314 Å². The van der Waals surface area contributed by atoms with Crippen LogP contribution in [0.15, 0.2) is 0 Å². The lowest BCUT2D eigenvalue weighted by atomic mass is 9.50. The summed E-state index contributed by atoms with van der Waals surface area (Å²) < 4.78 is 54.8. The second-order valence-corrected chi connectivity index (χ2v) is 34.2. The number of rotatable bonds is 26. The Morgan fingerprint density at radius 2 is 0.677 bits per heavy atom. The molecular weight excluding hydrogens is 1180 g/mol. The molecule has 0 spiro atoms. The predicted molar refractivity (Wildman–Crippen MR) is 357 cm³/mol. The maximum Gasteiger partial charge on any atom is 0.313 e.